The molecule has 0 aliphatic carbocycles. The first-order valence-corrected chi connectivity index (χ1v) is 15.6. The van der Waals surface area contributed by atoms with Gasteiger partial charge in [-0.3, -0.25) is 24.0 Å². The first-order valence-electron chi connectivity index (χ1n) is 13.8. The summed E-state index contributed by atoms with van der Waals surface area (Å²) < 4.78 is 28.8. The average Bonchev–Trinajstić information content (AvgIpc) is 3.03. The smallest absolute Gasteiger partial charge is 0.271 e. The third-order valence-electron chi connectivity index (χ3n) is 6.83. The van der Waals surface area contributed by atoms with Crippen LogP contribution in [-0.2, 0) is 32.6 Å². The van der Waals surface area contributed by atoms with Gasteiger partial charge < -0.3 is 10.2 Å². The molecule has 0 aromatic heterocycles. The maximum absolute atomic E-state index is 14.3. The lowest BCUT2D eigenvalue weighted by atomic mass is 10.0. The monoisotopic (exact) mass is 634 g/mol. The van der Waals surface area contributed by atoms with Gasteiger partial charge in [-0.15, -0.1) is 0 Å². The fourth-order valence-corrected chi connectivity index (χ4v) is 6.20. The second kappa shape index (κ2) is 14.6. The molecule has 10 nitrogen and oxygen atoms in total. The summed E-state index contributed by atoms with van der Waals surface area (Å²) in [5.74, 6) is -1.09. The molecule has 2 amide bonds. The minimum Gasteiger partial charge on any atom is -0.355 e. The van der Waals surface area contributed by atoms with E-state index in [9.17, 15) is 28.1 Å². The summed E-state index contributed by atoms with van der Waals surface area (Å²) in [7, 11) is -4.37. The zero-order valence-corrected chi connectivity index (χ0v) is 25.4. The Kier molecular flexibility index (Phi) is 10.7. The number of hydrogen-bond acceptors (Lipinski definition) is 6. The lowest BCUT2D eigenvalue weighted by Crippen LogP contribution is -2.53. The van der Waals surface area contributed by atoms with Crippen LogP contribution in [0.1, 0.15) is 18.1 Å². The van der Waals surface area contributed by atoms with Crippen molar-refractivity contribution in [3.63, 3.8) is 0 Å². The zero-order valence-electron chi connectivity index (χ0n) is 23.9. The Bertz CT molecular complexity index is 1700. The van der Waals surface area contributed by atoms with E-state index in [4.69, 9.17) is 11.6 Å². The van der Waals surface area contributed by atoms with Crippen molar-refractivity contribution in [3.8, 4) is 0 Å². The molecule has 1 atom stereocenters. The highest BCUT2D eigenvalue weighted by Gasteiger charge is 2.34. The Labute approximate surface area is 261 Å². The van der Waals surface area contributed by atoms with Gasteiger partial charge in [0.15, 0.2) is 0 Å². The van der Waals surface area contributed by atoms with E-state index in [1.165, 1.54) is 47.4 Å². The molecule has 0 fully saturated rings. The number of nitro groups is 1. The number of carbonyl (C=O) groups is 2. The van der Waals surface area contributed by atoms with E-state index in [2.05, 4.69) is 5.32 Å². The second-order valence-corrected chi connectivity index (χ2v) is 12.1. The van der Waals surface area contributed by atoms with E-state index < -0.39 is 39.3 Å². The van der Waals surface area contributed by atoms with Crippen molar-refractivity contribution in [3.05, 3.63) is 135 Å². The number of rotatable bonds is 13. The Morgan fingerprint density at radius 2 is 1.52 bits per heavy atom. The molecule has 0 unspecified atom stereocenters. The molecular weight excluding hydrogens is 604 g/mol. The lowest BCUT2D eigenvalue weighted by molar-refractivity contribution is -0.384. The number of carbonyl (C=O) groups excluding carboxylic acids is 2. The Balaban J connectivity index is 1.81. The highest BCUT2D eigenvalue weighted by atomic mass is 35.5. The molecule has 1 N–H and O–H groups in total. The third-order valence-corrected chi connectivity index (χ3v) is 8.87. The standard InChI is InChI=1S/C32H31ClN4O6S/c1-2-34-32(39)30(20-24-10-5-3-6-11-24)35(22-25-16-18-26(33)19-17-25)31(38)23-36(27-12-9-13-28(21-27)37(40)41)44(42,43)29-14-7-4-8-15-29/h3-19,21,30H,2,20,22-23H2,1H3,(H,34,39)/t30-/m1/s1. The van der Waals surface area contributed by atoms with Gasteiger partial charge in [0.2, 0.25) is 11.8 Å². The van der Waals surface area contributed by atoms with Crippen LogP contribution in [0.5, 0.6) is 0 Å². The largest absolute Gasteiger partial charge is 0.355 e. The van der Waals surface area contributed by atoms with Crippen molar-refractivity contribution in [2.24, 2.45) is 0 Å². The number of nitrogens with one attached hydrogen (secondary N) is 1. The predicted octanol–water partition coefficient (Wildman–Crippen LogP) is 5.22. The van der Waals surface area contributed by atoms with Crippen LogP contribution in [0.2, 0.25) is 5.02 Å². The maximum Gasteiger partial charge on any atom is 0.271 e. The van der Waals surface area contributed by atoms with Crippen molar-refractivity contribution in [1.82, 2.24) is 10.2 Å². The molecule has 4 aromatic carbocycles. The van der Waals surface area contributed by atoms with Crippen LogP contribution < -0.4 is 9.62 Å². The predicted molar refractivity (Wildman–Crippen MR) is 169 cm³/mol. The summed E-state index contributed by atoms with van der Waals surface area (Å²) in [4.78, 5) is 40.0. The van der Waals surface area contributed by atoms with E-state index in [1.54, 1.807) is 37.3 Å². The van der Waals surface area contributed by atoms with Gasteiger partial charge in [0.05, 0.1) is 15.5 Å². The van der Waals surface area contributed by atoms with Crippen LogP contribution in [0.15, 0.2) is 114 Å². The number of amides is 2. The third kappa shape index (κ3) is 8.00. The summed E-state index contributed by atoms with van der Waals surface area (Å²) in [6.45, 7) is 1.32. The molecule has 0 radical (unpaired) electrons. The summed E-state index contributed by atoms with van der Waals surface area (Å²) in [6.07, 6.45) is 0.161. The van der Waals surface area contributed by atoms with Crippen molar-refractivity contribution >= 4 is 44.8 Å². The zero-order chi connectivity index (χ0) is 31.7. The van der Waals surface area contributed by atoms with E-state index in [0.29, 0.717) is 17.1 Å². The minimum absolute atomic E-state index is 0.0290. The Morgan fingerprint density at radius 1 is 0.886 bits per heavy atom. The number of anilines is 1. The van der Waals surface area contributed by atoms with Crippen molar-refractivity contribution in [1.29, 1.82) is 0 Å². The highest BCUT2D eigenvalue weighted by Crippen LogP contribution is 2.28. The van der Waals surface area contributed by atoms with Crippen LogP contribution in [-0.4, -0.2) is 49.2 Å². The molecule has 4 rings (SSSR count). The highest BCUT2D eigenvalue weighted by molar-refractivity contribution is 7.92. The van der Waals surface area contributed by atoms with E-state index in [1.807, 2.05) is 30.3 Å². The lowest BCUT2D eigenvalue weighted by Gasteiger charge is -2.33. The van der Waals surface area contributed by atoms with Gasteiger partial charge in [-0.05, 0) is 48.4 Å². The molecule has 228 valence electrons. The Morgan fingerprint density at radius 3 is 2.14 bits per heavy atom. The van der Waals surface area contributed by atoms with Gasteiger partial charge in [-0.1, -0.05) is 78.3 Å². The van der Waals surface area contributed by atoms with Crippen LogP contribution in [0, 0.1) is 10.1 Å². The number of hydrogen-bond donors (Lipinski definition) is 1. The maximum atomic E-state index is 14.3. The SMILES string of the molecule is CCNC(=O)[C@@H](Cc1ccccc1)N(Cc1ccc(Cl)cc1)C(=O)CN(c1cccc([N+](=O)[O-])c1)S(=O)(=O)c1ccccc1. The molecule has 0 bridgehead atoms. The van der Waals surface area contributed by atoms with E-state index in [0.717, 1.165) is 15.9 Å². The van der Waals surface area contributed by atoms with Crippen molar-refractivity contribution < 1.29 is 22.9 Å². The molecule has 0 saturated carbocycles. The van der Waals surface area contributed by atoms with E-state index in [-0.39, 0.29) is 29.2 Å². The molecule has 0 heterocycles. The minimum atomic E-state index is -4.37. The molecule has 44 heavy (non-hydrogen) atoms. The molecular formula is C32H31ClN4O6S. The van der Waals surface area contributed by atoms with Crippen LogP contribution in [0.25, 0.3) is 0 Å². The first kappa shape index (κ1) is 32.2. The summed E-state index contributed by atoms with van der Waals surface area (Å²) in [6, 6.07) is 27.5. The van der Waals surface area contributed by atoms with Gasteiger partial charge in [0, 0.05) is 36.7 Å². The molecule has 0 spiro atoms. The van der Waals surface area contributed by atoms with Crippen molar-refractivity contribution in [2.45, 2.75) is 30.8 Å². The number of benzene rings is 4. The second-order valence-electron chi connectivity index (χ2n) is 9.85. The summed E-state index contributed by atoms with van der Waals surface area (Å²) >= 11 is 6.09. The number of halogens is 1. The summed E-state index contributed by atoms with van der Waals surface area (Å²) in [5, 5.41) is 14.8. The molecule has 12 heteroatoms. The summed E-state index contributed by atoms with van der Waals surface area (Å²) in [5.41, 5.74) is 1.05. The van der Waals surface area contributed by atoms with E-state index >= 15 is 0 Å². The topological polar surface area (TPSA) is 130 Å². The number of likely N-dealkylation sites (N-methyl/N-ethyl adjacent to an activating group) is 1. The molecule has 0 saturated heterocycles. The average molecular weight is 635 g/mol. The fourth-order valence-electron chi connectivity index (χ4n) is 4.64. The molecule has 0 aliphatic rings. The number of sulfonamides is 1. The number of nitro benzene ring substituents is 1. The van der Waals surface area contributed by atoms with Crippen LogP contribution >= 0.6 is 11.6 Å². The van der Waals surface area contributed by atoms with Gasteiger partial charge in [0.25, 0.3) is 15.7 Å². The quantitative estimate of drug-likeness (QED) is 0.159. The normalized spacial score (nSPS) is 11.8. The van der Waals surface area contributed by atoms with Crippen molar-refractivity contribution in [2.75, 3.05) is 17.4 Å². The Hall–Kier alpha value is -4.74. The van der Waals surface area contributed by atoms with Crippen LogP contribution in [0.3, 0.4) is 0 Å². The van der Waals surface area contributed by atoms with Gasteiger partial charge in [-0.2, -0.15) is 0 Å². The number of nitrogens with zero attached hydrogens (tertiary/aromatic N) is 3. The molecule has 4 aromatic rings. The van der Waals surface area contributed by atoms with Gasteiger partial charge in [-0.25, -0.2) is 8.42 Å². The van der Waals surface area contributed by atoms with Gasteiger partial charge >= 0.3 is 0 Å². The fraction of sp³-hybridized carbons (Fsp3) is 0.188. The molecule has 0 aliphatic heterocycles. The van der Waals surface area contributed by atoms with Crippen LogP contribution in [0.4, 0.5) is 11.4 Å². The van der Waals surface area contributed by atoms with Gasteiger partial charge in [0.1, 0.15) is 12.6 Å². The first-order chi connectivity index (χ1) is 21.1. The number of non-ortho nitro benzene ring substituents is 1.